The van der Waals surface area contributed by atoms with Gasteiger partial charge in [0, 0.05) is 6.54 Å². The predicted octanol–water partition coefficient (Wildman–Crippen LogP) is 3.02. The fourth-order valence-electron chi connectivity index (χ4n) is 1.86. The summed E-state index contributed by atoms with van der Waals surface area (Å²) < 4.78 is 0. The van der Waals surface area contributed by atoms with Crippen molar-refractivity contribution in [2.45, 2.75) is 39.5 Å². The number of hydrogen-bond acceptors (Lipinski definition) is 2. The SMILES string of the molecule is CCC(C#N)C(=O)NCCc1ccc(C(C)C)cc1. The quantitative estimate of drug-likeness (QED) is 0.852. The maximum absolute atomic E-state index is 11.6. The molecule has 1 rings (SSSR count). The molecule has 1 aromatic rings. The summed E-state index contributed by atoms with van der Waals surface area (Å²) in [6.07, 6.45) is 1.36. The Bertz CT molecular complexity index is 443. The van der Waals surface area contributed by atoms with Crippen molar-refractivity contribution >= 4 is 5.91 Å². The van der Waals surface area contributed by atoms with Gasteiger partial charge in [-0.05, 0) is 29.9 Å². The summed E-state index contributed by atoms with van der Waals surface area (Å²) in [5, 5.41) is 11.6. The van der Waals surface area contributed by atoms with E-state index in [2.05, 4.69) is 43.4 Å². The van der Waals surface area contributed by atoms with Crippen molar-refractivity contribution in [3.63, 3.8) is 0 Å². The second-order valence-electron chi connectivity index (χ2n) is 5.03. The Labute approximate surface area is 115 Å². The van der Waals surface area contributed by atoms with Crippen molar-refractivity contribution in [1.29, 1.82) is 5.26 Å². The number of benzene rings is 1. The lowest BCUT2D eigenvalue weighted by atomic mass is 10.0. The Hall–Kier alpha value is -1.82. The van der Waals surface area contributed by atoms with Gasteiger partial charge in [-0.2, -0.15) is 5.26 Å². The standard InChI is InChI=1S/C16H22N2O/c1-4-14(11-17)16(19)18-10-9-13-5-7-15(8-6-13)12(2)3/h5-8,12,14H,4,9-10H2,1-3H3,(H,18,19). The first-order valence-corrected chi connectivity index (χ1v) is 6.84. The number of nitrogens with one attached hydrogen (secondary N) is 1. The average Bonchev–Trinajstić information content (AvgIpc) is 2.40. The van der Waals surface area contributed by atoms with Crippen LogP contribution in [0.2, 0.25) is 0 Å². The molecule has 0 aliphatic carbocycles. The Morgan fingerprint density at radius 2 is 1.95 bits per heavy atom. The summed E-state index contributed by atoms with van der Waals surface area (Å²) in [5.74, 6) is -0.151. The van der Waals surface area contributed by atoms with Gasteiger partial charge in [0.05, 0.1) is 6.07 Å². The Morgan fingerprint density at radius 1 is 1.32 bits per heavy atom. The molecule has 3 nitrogen and oxygen atoms in total. The van der Waals surface area contributed by atoms with Gasteiger partial charge in [0.25, 0.3) is 0 Å². The molecule has 0 aliphatic heterocycles. The van der Waals surface area contributed by atoms with E-state index in [0.717, 1.165) is 6.42 Å². The zero-order chi connectivity index (χ0) is 14.3. The van der Waals surface area contributed by atoms with Crippen molar-refractivity contribution in [1.82, 2.24) is 5.32 Å². The molecule has 1 amide bonds. The van der Waals surface area contributed by atoms with Crippen LogP contribution in [0.4, 0.5) is 0 Å². The van der Waals surface area contributed by atoms with Crippen molar-refractivity contribution in [2.24, 2.45) is 5.92 Å². The topological polar surface area (TPSA) is 52.9 Å². The Kier molecular flexibility index (Phi) is 6.08. The van der Waals surface area contributed by atoms with Gasteiger partial charge < -0.3 is 5.32 Å². The Morgan fingerprint density at radius 3 is 2.42 bits per heavy atom. The average molecular weight is 258 g/mol. The van der Waals surface area contributed by atoms with E-state index in [1.807, 2.05) is 13.0 Å². The van der Waals surface area contributed by atoms with Gasteiger partial charge >= 0.3 is 0 Å². The zero-order valence-corrected chi connectivity index (χ0v) is 11.9. The van der Waals surface area contributed by atoms with E-state index in [1.54, 1.807) is 0 Å². The van der Waals surface area contributed by atoms with Gasteiger partial charge in [0.15, 0.2) is 0 Å². The maximum atomic E-state index is 11.6. The first-order chi connectivity index (χ1) is 9.08. The lowest BCUT2D eigenvalue weighted by Crippen LogP contribution is -2.31. The first-order valence-electron chi connectivity index (χ1n) is 6.84. The maximum Gasteiger partial charge on any atom is 0.237 e. The highest BCUT2D eigenvalue weighted by molar-refractivity contribution is 5.80. The fourth-order valence-corrected chi connectivity index (χ4v) is 1.86. The summed E-state index contributed by atoms with van der Waals surface area (Å²) in [5.41, 5.74) is 2.53. The van der Waals surface area contributed by atoms with Gasteiger partial charge in [0.2, 0.25) is 5.91 Å². The molecule has 1 N–H and O–H groups in total. The van der Waals surface area contributed by atoms with E-state index in [0.29, 0.717) is 18.9 Å². The number of nitrogens with zero attached hydrogens (tertiary/aromatic N) is 1. The highest BCUT2D eigenvalue weighted by Crippen LogP contribution is 2.14. The van der Waals surface area contributed by atoms with Gasteiger partial charge in [-0.1, -0.05) is 45.0 Å². The second-order valence-corrected chi connectivity index (χ2v) is 5.03. The molecule has 0 spiro atoms. The zero-order valence-electron chi connectivity index (χ0n) is 11.9. The molecule has 0 saturated heterocycles. The van der Waals surface area contributed by atoms with Gasteiger partial charge in [-0.25, -0.2) is 0 Å². The Balaban J connectivity index is 2.41. The molecule has 0 aromatic heterocycles. The van der Waals surface area contributed by atoms with E-state index in [1.165, 1.54) is 11.1 Å². The molecule has 0 heterocycles. The van der Waals surface area contributed by atoms with Crippen LogP contribution in [0, 0.1) is 17.2 Å². The molecule has 3 heteroatoms. The van der Waals surface area contributed by atoms with Gasteiger partial charge in [-0.3, -0.25) is 4.79 Å². The fraction of sp³-hybridized carbons (Fsp3) is 0.500. The largest absolute Gasteiger partial charge is 0.355 e. The molecular weight excluding hydrogens is 236 g/mol. The smallest absolute Gasteiger partial charge is 0.237 e. The number of amides is 1. The van der Waals surface area contributed by atoms with Crippen molar-refractivity contribution in [3.05, 3.63) is 35.4 Å². The van der Waals surface area contributed by atoms with E-state index in [4.69, 9.17) is 5.26 Å². The van der Waals surface area contributed by atoms with Crippen molar-refractivity contribution < 1.29 is 4.79 Å². The summed E-state index contributed by atoms with van der Waals surface area (Å²) in [6, 6.07) is 10.5. The third-order valence-electron chi connectivity index (χ3n) is 3.24. The van der Waals surface area contributed by atoms with Crippen molar-refractivity contribution in [3.8, 4) is 6.07 Å². The molecule has 1 atom stereocenters. The van der Waals surface area contributed by atoms with Crippen LogP contribution in [-0.2, 0) is 11.2 Å². The van der Waals surface area contributed by atoms with E-state index in [9.17, 15) is 4.79 Å². The minimum absolute atomic E-state index is 0.163. The van der Waals surface area contributed by atoms with Crippen LogP contribution in [0.5, 0.6) is 0 Å². The van der Waals surface area contributed by atoms with Crippen LogP contribution in [0.25, 0.3) is 0 Å². The lowest BCUT2D eigenvalue weighted by Gasteiger charge is -2.09. The number of hydrogen-bond donors (Lipinski definition) is 1. The third-order valence-corrected chi connectivity index (χ3v) is 3.24. The van der Waals surface area contributed by atoms with Crippen LogP contribution in [0.3, 0.4) is 0 Å². The normalized spacial score (nSPS) is 11.9. The minimum atomic E-state index is -0.525. The third kappa shape index (κ3) is 4.75. The molecule has 102 valence electrons. The predicted molar refractivity (Wildman–Crippen MR) is 76.6 cm³/mol. The first kappa shape index (κ1) is 15.2. The molecule has 1 unspecified atom stereocenters. The van der Waals surface area contributed by atoms with Crippen LogP contribution >= 0.6 is 0 Å². The number of carbonyl (C=O) groups excluding carboxylic acids is 1. The van der Waals surface area contributed by atoms with Crippen LogP contribution in [0.1, 0.15) is 44.2 Å². The molecule has 19 heavy (non-hydrogen) atoms. The number of carbonyl (C=O) groups is 1. The van der Waals surface area contributed by atoms with Crippen LogP contribution in [-0.4, -0.2) is 12.5 Å². The molecular formula is C16H22N2O. The highest BCUT2D eigenvalue weighted by Gasteiger charge is 2.14. The summed E-state index contributed by atoms with van der Waals surface area (Å²) in [7, 11) is 0. The second kappa shape index (κ2) is 7.58. The molecule has 0 saturated carbocycles. The molecule has 0 bridgehead atoms. The minimum Gasteiger partial charge on any atom is -0.355 e. The number of nitriles is 1. The number of rotatable bonds is 6. The van der Waals surface area contributed by atoms with Gasteiger partial charge in [0.1, 0.15) is 5.92 Å². The van der Waals surface area contributed by atoms with Gasteiger partial charge in [-0.15, -0.1) is 0 Å². The molecule has 0 aliphatic rings. The molecule has 0 radical (unpaired) electrons. The van der Waals surface area contributed by atoms with E-state index >= 15 is 0 Å². The monoisotopic (exact) mass is 258 g/mol. The van der Waals surface area contributed by atoms with E-state index < -0.39 is 5.92 Å². The van der Waals surface area contributed by atoms with Crippen LogP contribution in [0.15, 0.2) is 24.3 Å². The van der Waals surface area contributed by atoms with Crippen LogP contribution < -0.4 is 5.32 Å². The summed E-state index contributed by atoms with van der Waals surface area (Å²) in [4.78, 5) is 11.6. The highest BCUT2D eigenvalue weighted by atomic mass is 16.1. The lowest BCUT2D eigenvalue weighted by molar-refractivity contribution is -0.123. The molecule has 0 fully saturated rings. The van der Waals surface area contributed by atoms with E-state index in [-0.39, 0.29) is 5.91 Å². The summed E-state index contributed by atoms with van der Waals surface area (Å²) >= 11 is 0. The summed E-state index contributed by atoms with van der Waals surface area (Å²) in [6.45, 7) is 6.76. The molecule has 1 aromatic carbocycles. The van der Waals surface area contributed by atoms with Crippen molar-refractivity contribution in [2.75, 3.05) is 6.54 Å².